The quantitative estimate of drug-likeness (QED) is 0.855. The fraction of sp³-hybridized carbons (Fsp3) is 0.588. The van der Waals surface area contributed by atoms with Gasteiger partial charge in [0, 0.05) is 13.1 Å². The van der Waals surface area contributed by atoms with Crippen molar-refractivity contribution < 1.29 is 13.2 Å². The molecule has 0 aromatic heterocycles. The second kappa shape index (κ2) is 6.41. The molecule has 5 heteroatoms. The molecule has 0 bridgehead atoms. The van der Waals surface area contributed by atoms with E-state index in [1.807, 2.05) is 32.9 Å². The summed E-state index contributed by atoms with van der Waals surface area (Å²) in [5, 5.41) is -0.967. The van der Waals surface area contributed by atoms with Crippen molar-refractivity contribution in [3.63, 3.8) is 0 Å². The minimum Gasteiger partial charge on any atom is -0.342 e. The molecule has 1 aliphatic rings. The molecule has 1 aliphatic heterocycles. The van der Waals surface area contributed by atoms with Crippen molar-refractivity contribution in [2.24, 2.45) is 0 Å². The standard InChI is InChI=1S/C17H25NO3S/c1-12-9-13(2)16(14(3)10-12)11-22(20,21)15(4)17(19)18-7-5-6-8-18/h9-10,15H,5-8,11H2,1-4H3/t15-/m1/s1. The SMILES string of the molecule is Cc1cc(C)c(CS(=O)(=O)[C@H](C)C(=O)N2CCCC2)c(C)c1. The Kier molecular flexibility index (Phi) is 4.95. The summed E-state index contributed by atoms with van der Waals surface area (Å²) in [4.78, 5) is 14.0. The molecule has 0 N–H and O–H groups in total. The van der Waals surface area contributed by atoms with Crippen molar-refractivity contribution in [2.45, 2.75) is 51.5 Å². The largest absolute Gasteiger partial charge is 0.342 e. The van der Waals surface area contributed by atoms with Gasteiger partial charge in [-0.15, -0.1) is 0 Å². The number of likely N-dealkylation sites (tertiary alicyclic amines) is 1. The molecule has 1 heterocycles. The summed E-state index contributed by atoms with van der Waals surface area (Å²) in [6, 6.07) is 3.98. The van der Waals surface area contributed by atoms with Crippen molar-refractivity contribution in [1.29, 1.82) is 0 Å². The van der Waals surface area contributed by atoms with Crippen LogP contribution in [0.25, 0.3) is 0 Å². The lowest BCUT2D eigenvalue weighted by atomic mass is 10.0. The number of amides is 1. The van der Waals surface area contributed by atoms with Gasteiger partial charge < -0.3 is 4.90 Å². The lowest BCUT2D eigenvalue weighted by Crippen LogP contribution is -2.40. The summed E-state index contributed by atoms with van der Waals surface area (Å²) < 4.78 is 25.3. The molecule has 1 fully saturated rings. The molecule has 2 rings (SSSR count). The molecule has 1 aromatic rings. The number of sulfone groups is 1. The van der Waals surface area contributed by atoms with E-state index < -0.39 is 15.1 Å². The number of hydrogen-bond acceptors (Lipinski definition) is 3. The Morgan fingerprint density at radius 3 is 2.14 bits per heavy atom. The summed E-state index contributed by atoms with van der Waals surface area (Å²) in [6.45, 7) is 8.74. The number of aryl methyl sites for hydroxylation is 3. The maximum atomic E-state index is 12.6. The third-order valence-corrected chi connectivity index (χ3v) is 6.46. The Morgan fingerprint density at radius 2 is 1.64 bits per heavy atom. The topological polar surface area (TPSA) is 54.5 Å². The molecule has 1 aromatic carbocycles. The van der Waals surface area contributed by atoms with E-state index in [-0.39, 0.29) is 11.7 Å². The second-order valence-corrected chi connectivity index (χ2v) is 8.68. The van der Waals surface area contributed by atoms with Gasteiger partial charge in [0.1, 0.15) is 5.25 Å². The maximum absolute atomic E-state index is 12.6. The summed E-state index contributed by atoms with van der Waals surface area (Å²) in [6.07, 6.45) is 1.93. The van der Waals surface area contributed by atoms with Gasteiger partial charge in [-0.25, -0.2) is 8.42 Å². The number of benzene rings is 1. The molecule has 22 heavy (non-hydrogen) atoms. The molecule has 1 atom stereocenters. The number of nitrogens with zero attached hydrogens (tertiary/aromatic N) is 1. The molecule has 122 valence electrons. The smallest absolute Gasteiger partial charge is 0.240 e. The van der Waals surface area contributed by atoms with E-state index in [2.05, 4.69) is 0 Å². The van der Waals surface area contributed by atoms with Gasteiger partial charge in [-0.1, -0.05) is 17.7 Å². The molecular formula is C17H25NO3S. The van der Waals surface area contributed by atoms with Gasteiger partial charge in [0.15, 0.2) is 9.84 Å². The second-order valence-electron chi connectivity index (χ2n) is 6.36. The zero-order valence-electron chi connectivity index (χ0n) is 13.8. The Bertz CT molecular complexity index is 650. The van der Waals surface area contributed by atoms with Crippen LogP contribution >= 0.6 is 0 Å². The van der Waals surface area contributed by atoms with Gasteiger partial charge in [0.25, 0.3) is 0 Å². The van der Waals surface area contributed by atoms with Crippen LogP contribution in [-0.2, 0) is 20.4 Å². The van der Waals surface area contributed by atoms with Crippen LogP contribution in [0.4, 0.5) is 0 Å². The van der Waals surface area contributed by atoms with Gasteiger partial charge in [-0.2, -0.15) is 0 Å². The van der Waals surface area contributed by atoms with Crippen LogP contribution in [0.1, 0.15) is 42.0 Å². The Labute approximate surface area is 133 Å². The van der Waals surface area contributed by atoms with Crippen LogP contribution in [0.5, 0.6) is 0 Å². The predicted octanol–water partition coefficient (Wildman–Crippen LogP) is 2.54. The normalized spacial score (nSPS) is 16.8. The predicted molar refractivity (Wildman–Crippen MR) is 88.6 cm³/mol. The zero-order valence-corrected chi connectivity index (χ0v) is 14.7. The first-order valence-electron chi connectivity index (χ1n) is 7.79. The molecule has 0 radical (unpaired) electrons. The van der Waals surface area contributed by atoms with Gasteiger partial charge in [-0.3, -0.25) is 4.79 Å². The molecule has 0 unspecified atom stereocenters. The van der Waals surface area contributed by atoms with Crippen LogP contribution in [0.2, 0.25) is 0 Å². The maximum Gasteiger partial charge on any atom is 0.240 e. The number of carbonyl (C=O) groups is 1. The molecular weight excluding hydrogens is 298 g/mol. The van der Waals surface area contributed by atoms with Crippen LogP contribution in [0, 0.1) is 20.8 Å². The lowest BCUT2D eigenvalue weighted by Gasteiger charge is -2.21. The highest BCUT2D eigenvalue weighted by atomic mass is 32.2. The summed E-state index contributed by atoms with van der Waals surface area (Å²) >= 11 is 0. The highest BCUT2D eigenvalue weighted by Gasteiger charge is 2.33. The highest BCUT2D eigenvalue weighted by Crippen LogP contribution is 2.22. The van der Waals surface area contributed by atoms with Crippen LogP contribution in [0.3, 0.4) is 0 Å². The minimum absolute atomic E-state index is 0.0638. The molecule has 0 spiro atoms. The number of rotatable bonds is 4. The van der Waals surface area contributed by atoms with E-state index in [4.69, 9.17) is 0 Å². The van der Waals surface area contributed by atoms with E-state index in [0.717, 1.165) is 35.1 Å². The lowest BCUT2D eigenvalue weighted by molar-refractivity contribution is -0.129. The van der Waals surface area contributed by atoms with Gasteiger partial charge in [0.2, 0.25) is 5.91 Å². The minimum atomic E-state index is -3.50. The van der Waals surface area contributed by atoms with Gasteiger partial charge >= 0.3 is 0 Å². The van der Waals surface area contributed by atoms with Crippen molar-refractivity contribution in [1.82, 2.24) is 4.90 Å². The first-order valence-corrected chi connectivity index (χ1v) is 9.51. The van der Waals surface area contributed by atoms with E-state index in [9.17, 15) is 13.2 Å². The van der Waals surface area contributed by atoms with Crippen molar-refractivity contribution in [2.75, 3.05) is 13.1 Å². The summed E-state index contributed by atoms with van der Waals surface area (Å²) in [7, 11) is -3.50. The summed E-state index contributed by atoms with van der Waals surface area (Å²) in [5.41, 5.74) is 3.90. The van der Waals surface area contributed by atoms with E-state index in [1.54, 1.807) is 4.90 Å². The van der Waals surface area contributed by atoms with Gasteiger partial charge in [0.05, 0.1) is 5.75 Å². The molecule has 1 amide bonds. The fourth-order valence-corrected chi connectivity index (χ4v) is 4.68. The highest BCUT2D eigenvalue weighted by molar-refractivity contribution is 7.92. The van der Waals surface area contributed by atoms with Gasteiger partial charge in [-0.05, 0) is 57.2 Å². The Balaban J connectivity index is 2.22. The first-order chi connectivity index (χ1) is 10.2. The van der Waals surface area contributed by atoms with E-state index >= 15 is 0 Å². The average molecular weight is 323 g/mol. The molecule has 4 nitrogen and oxygen atoms in total. The molecule has 1 saturated heterocycles. The Hall–Kier alpha value is -1.36. The Morgan fingerprint density at radius 1 is 1.14 bits per heavy atom. The van der Waals surface area contributed by atoms with Crippen molar-refractivity contribution in [3.8, 4) is 0 Å². The van der Waals surface area contributed by atoms with Crippen molar-refractivity contribution in [3.05, 3.63) is 34.4 Å². The third kappa shape index (κ3) is 3.51. The van der Waals surface area contributed by atoms with Crippen molar-refractivity contribution >= 4 is 15.7 Å². The zero-order chi connectivity index (χ0) is 16.5. The first kappa shape index (κ1) is 17.0. The van der Waals surface area contributed by atoms with Crippen LogP contribution in [0.15, 0.2) is 12.1 Å². The van der Waals surface area contributed by atoms with E-state index in [0.29, 0.717) is 13.1 Å². The molecule has 0 aliphatic carbocycles. The number of carbonyl (C=O) groups excluding carboxylic acids is 1. The fourth-order valence-electron chi connectivity index (χ4n) is 3.11. The average Bonchev–Trinajstić information content (AvgIpc) is 2.95. The van der Waals surface area contributed by atoms with Crippen LogP contribution < -0.4 is 0 Å². The van der Waals surface area contributed by atoms with Crippen LogP contribution in [-0.4, -0.2) is 37.6 Å². The monoisotopic (exact) mass is 323 g/mol. The summed E-state index contributed by atoms with van der Waals surface area (Å²) in [5.74, 6) is -0.314. The number of hydrogen-bond donors (Lipinski definition) is 0. The molecule has 0 saturated carbocycles. The third-order valence-electron chi connectivity index (χ3n) is 4.49. The van der Waals surface area contributed by atoms with E-state index in [1.165, 1.54) is 6.92 Å².